The zero-order valence-electron chi connectivity index (χ0n) is 19.9. The van der Waals surface area contributed by atoms with Gasteiger partial charge in [0, 0.05) is 31.2 Å². The third-order valence-corrected chi connectivity index (χ3v) is 7.07. The first-order chi connectivity index (χ1) is 16.9. The Morgan fingerprint density at radius 2 is 1.57 bits per heavy atom. The summed E-state index contributed by atoms with van der Waals surface area (Å²) in [7, 11) is 0. The third-order valence-electron chi connectivity index (χ3n) is 6.16. The standard InChI is InChI=1S/C26H29N5O3S/c1-3-18-6-8-19(9-7-18)16-27-22(32)20-12-14-31(15-13-20)26(34)25-30-29-24(35-25)23(33)28-21-10-4-17(2)5-11-21/h4-11,20H,3,12-16H2,1-2H3,(H,27,32)(H,28,33). The molecule has 0 atom stereocenters. The van der Waals surface area contributed by atoms with Gasteiger partial charge in [0.1, 0.15) is 0 Å². The maximum Gasteiger partial charge on any atom is 0.286 e. The minimum Gasteiger partial charge on any atom is -0.352 e. The molecule has 3 amide bonds. The van der Waals surface area contributed by atoms with Gasteiger partial charge in [0.05, 0.1) is 0 Å². The summed E-state index contributed by atoms with van der Waals surface area (Å²) >= 11 is 0.976. The first-order valence-electron chi connectivity index (χ1n) is 11.8. The van der Waals surface area contributed by atoms with E-state index in [-0.39, 0.29) is 27.7 Å². The molecular weight excluding hydrogens is 462 g/mol. The quantitative estimate of drug-likeness (QED) is 0.523. The van der Waals surface area contributed by atoms with Gasteiger partial charge in [-0.3, -0.25) is 14.4 Å². The normalized spacial score (nSPS) is 13.9. The molecule has 1 fully saturated rings. The van der Waals surface area contributed by atoms with Crippen molar-refractivity contribution in [2.24, 2.45) is 5.92 Å². The van der Waals surface area contributed by atoms with Crippen LogP contribution in [0.4, 0.5) is 5.69 Å². The van der Waals surface area contributed by atoms with Crippen molar-refractivity contribution in [2.75, 3.05) is 18.4 Å². The van der Waals surface area contributed by atoms with Crippen LogP contribution in [0.5, 0.6) is 0 Å². The van der Waals surface area contributed by atoms with E-state index in [1.165, 1.54) is 5.56 Å². The van der Waals surface area contributed by atoms with E-state index in [0.29, 0.717) is 38.2 Å². The molecule has 8 nitrogen and oxygen atoms in total. The number of anilines is 1. The lowest BCUT2D eigenvalue weighted by molar-refractivity contribution is -0.126. The van der Waals surface area contributed by atoms with E-state index in [2.05, 4.69) is 39.9 Å². The lowest BCUT2D eigenvalue weighted by atomic mass is 9.95. The monoisotopic (exact) mass is 491 g/mol. The van der Waals surface area contributed by atoms with Gasteiger partial charge in [-0.15, -0.1) is 10.2 Å². The average Bonchev–Trinajstić information content (AvgIpc) is 3.39. The van der Waals surface area contributed by atoms with Gasteiger partial charge in [0.25, 0.3) is 11.8 Å². The molecule has 182 valence electrons. The van der Waals surface area contributed by atoms with Crippen LogP contribution in [0, 0.1) is 12.8 Å². The largest absolute Gasteiger partial charge is 0.352 e. The van der Waals surface area contributed by atoms with E-state index >= 15 is 0 Å². The van der Waals surface area contributed by atoms with E-state index < -0.39 is 5.91 Å². The Balaban J connectivity index is 1.25. The molecule has 2 N–H and O–H groups in total. The van der Waals surface area contributed by atoms with Crippen LogP contribution in [0.15, 0.2) is 48.5 Å². The zero-order valence-corrected chi connectivity index (χ0v) is 20.7. The molecule has 0 radical (unpaired) electrons. The van der Waals surface area contributed by atoms with Gasteiger partial charge in [-0.05, 0) is 49.4 Å². The summed E-state index contributed by atoms with van der Waals surface area (Å²) in [5.41, 5.74) is 4.09. The van der Waals surface area contributed by atoms with Crippen LogP contribution in [0.25, 0.3) is 0 Å². The number of hydrogen-bond donors (Lipinski definition) is 2. The summed E-state index contributed by atoms with van der Waals surface area (Å²) in [6, 6.07) is 15.7. The van der Waals surface area contributed by atoms with Crippen LogP contribution >= 0.6 is 11.3 Å². The lowest BCUT2D eigenvalue weighted by Crippen LogP contribution is -2.42. The molecule has 0 unspecified atom stereocenters. The Hall–Kier alpha value is -3.59. The van der Waals surface area contributed by atoms with E-state index in [9.17, 15) is 14.4 Å². The second kappa shape index (κ2) is 11.2. The van der Waals surface area contributed by atoms with Gasteiger partial charge in [-0.1, -0.05) is 60.2 Å². The van der Waals surface area contributed by atoms with Crippen molar-refractivity contribution < 1.29 is 14.4 Å². The number of nitrogens with zero attached hydrogens (tertiary/aromatic N) is 3. The van der Waals surface area contributed by atoms with Crippen molar-refractivity contribution >= 4 is 34.7 Å². The summed E-state index contributed by atoms with van der Waals surface area (Å²) in [4.78, 5) is 39.6. The van der Waals surface area contributed by atoms with Crippen LogP contribution in [0.3, 0.4) is 0 Å². The summed E-state index contributed by atoms with van der Waals surface area (Å²) < 4.78 is 0. The van der Waals surface area contributed by atoms with Gasteiger partial charge in [0.15, 0.2) is 0 Å². The Morgan fingerprint density at radius 3 is 2.23 bits per heavy atom. The molecule has 0 saturated carbocycles. The highest BCUT2D eigenvalue weighted by Gasteiger charge is 2.29. The Kier molecular flexibility index (Phi) is 7.87. The third kappa shape index (κ3) is 6.30. The highest BCUT2D eigenvalue weighted by Crippen LogP contribution is 2.21. The number of aryl methyl sites for hydroxylation is 2. The molecule has 35 heavy (non-hydrogen) atoms. The minimum absolute atomic E-state index is 0.0163. The first kappa shape index (κ1) is 24.5. The topological polar surface area (TPSA) is 104 Å². The molecule has 1 saturated heterocycles. The lowest BCUT2D eigenvalue weighted by Gasteiger charge is -2.30. The fourth-order valence-corrected chi connectivity index (χ4v) is 4.64. The minimum atomic E-state index is -0.398. The number of likely N-dealkylation sites (tertiary alicyclic amines) is 1. The zero-order chi connectivity index (χ0) is 24.8. The molecule has 9 heteroatoms. The first-order valence-corrected chi connectivity index (χ1v) is 12.6. The SMILES string of the molecule is CCc1ccc(CNC(=O)C2CCN(C(=O)c3nnc(C(=O)Nc4ccc(C)cc4)s3)CC2)cc1. The smallest absolute Gasteiger partial charge is 0.286 e. The number of hydrogen-bond acceptors (Lipinski definition) is 6. The number of rotatable bonds is 7. The van der Waals surface area contributed by atoms with Crippen molar-refractivity contribution in [3.63, 3.8) is 0 Å². The van der Waals surface area contributed by atoms with Gasteiger partial charge >= 0.3 is 0 Å². The Labute approximate surface area is 208 Å². The van der Waals surface area contributed by atoms with Crippen LogP contribution in [0.2, 0.25) is 0 Å². The predicted molar refractivity (Wildman–Crippen MR) is 135 cm³/mol. The molecule has 2 heterocycles. The van der Waals surface area contributed by atoms with Gasteiger partial charge in [-0.25, -0.2) is 0 Å². The molecule has 1 aliphatic rings. The number of aromatic nitrogens is 2. The maximum atomic E-state index is 12.9. The maximum absolute atomic E-state index is 12.9. The van der Waals surface area contributed by atoms with Gasteiger partial charge < -0.3 is 15.5 Å². The molecule has 3 aromatic rings. The van der Waals surface area contributed by atoms with E-state index in [1.807, 2.05) is 43.3 Å². The number of nitrogens with one attached hydrogen (secondary N) is 2. The second-order valence-corrected chi connectivity index (χ2v) is 9.66. The Bertz CT molecular complexity index is 1180. The highest BCUT2D eigenvalue weighted by molar-refractivity contribution is 7.15. The number of carbonyl (C=O) groups is 3. The van der Waals surface area contributed by atoms with Gasteiger partial charge in [0.2, 0.25) is 15.9 Å². The van der Waals surface area contributed by atoms with E-state index in [1.54, 1.807) is 4.90 Å². The van der Waals surface area contributed by atoms with Crippen molar-refractivity contribution in [2.45, 2.75) is 39.7 Å². The van der Waals surface area contributed by atoms with Crippen LogP contribution in [-0.2, 0) is 17.8 Å². The number of benzene rings is 2. The predicted octanol–water partition coefficient (Wildman–Crippen LogP) is 3.83. The molecular formula is C26H29N5O3S. The molecule has 0 spiro atoms. The molecule has 2 aromatic carbocycles. The Morgan fingerprint density at radius 1 is 0.943 bits per heavy atom. The van der Waals surface area contributed by atoms with Crippen molar-refractivity contribution in [1.29, 1.82) is 0 Å². The number of piperidine rings is 1. The van der Waals surface area contributed by atoms with Crippen molar-refractivity contribution in [3.8, 4) is 0 Å². The molecule has 0 aliphatic carbocycles. The average molecular weight is 492 g/mol. The molecule has 4 rings (SSSR count). The summed E-state index contributed by atoms with van der Waals surface area (Å²) in [5.74, 6) is -0.765. The summed E-state index contributed by atoms with van der Waals surface area (Å²) in [6.07, 6.45) is 2.17. The van der Waals surface area contributed by atoms with Crippen LogP contribution in [0.1, 0.15) is 56.1 Å². The summed E-state index contributed by atoms with van der Waals surface area (Å²) in [5, 5.41) is 13.9. The van der Waals surface area contributed by atoms with Crippen molar-refractivity contribution in [3.05, 3.63) is 75.2 Å². The summed E-state index contributed by atoms with van der Waals surface area (Å²) in [6.45, 7) is 5.51. The number of carbonyl (C=O) groups excluding carboxylic acids is 3. The number of amides is 3. The van der Waals surface area contributed by atoms with E-state index in [4.69, 9.17) is 0 Å². The fraction of sp³-hybridized carbons (Fsp3) is 0.346. The van der Waals surface area contributed by atoms with Crippen LogP contribution in [-0.4, -0.2) is 45.9 Å². The second-order valence-electron chi connectivity index (χ2n) is 8.69. The van der Waals surface area contributed by atoms with Crippen LogP contribution < -0.4 is 10.6 Å². The highest BCUT2D eigenvalue weighted by atomic mass is 32.1. The molecule has 1 aliphatic heterocycles. The molecule has 1 aromatic heterocycles. The van der Waals surface area contributed by atoms with E-state index in [0.717, 1.165) is 28.9 Å². The van der Waals surface area contributed by atoms with Gasteiger partial charge in [-0.2, -0.15) is 0 Å². The van der Waals surface area contributed by atoms with Crippen molar-refractivity contribution in [1.82, 2.24) is 20.4 Å². The fourth-order valence-electron chi connectivity index (χ4n) is 3.93. The molecule has 0 bridgehead atoms.